The number of hydrogen-bond acceptors (Lipinski definition) is 4. The summed E-state index contributed by atoms with van der Waals surface area (Å²) in [5.41, 5.74) is 0.791. The van der Waals surface area contributed by atoms with E-state index >= 15 is 0 Å². The standard InChI is InChI=1S/C17H24N2O4/c1-22-14-6-7-15(23-2)13(11-14)12-16(20)18-8-4-10-19-9-3-5-17(19)21/h6-7,11H,3-5,8-10,12H2,1-2H3,(H,18,20). The first-order valence-electron chi connectivity index (χ1n) is 7.89. The van der Waals surface area contributed by atoms with E-state index in [2.05, 4.69) is 5.32 Å². The fraction of sp³-hybridized carbons (Fsp3) is 0.529. The molecule has 1 fully saturated rings. The van der Waals surface area contributed by atoms with Gasteiger partial charge >= 0.3 is 0 Å². The van der Waals surface area contributed by atoms with Crippen LogP contribution in [0.3, 0.4) is 0 Å². The number of nitrogens with one attached hydrogen (secondary N) is 1. The van der Waals surface area contributed by atoms with Crippen LogP contribution >= 0.6 is 0 Å². The van der Waals surface area contributed by atoms with Gasteiger partial charge < -0.3 is 19.7 Å². The molecule has 23 heavy (non-hydrogen) atoms. The van der Waals surface area contributed by atoms with E-state index in [0.29, 0.717) is 31.0 Å². The minimum absolute atomic E-state index is 0.0655. The van der Waals surface area contributed by atoms with Crippen LogP contribution in [-0.2, 0) is 16.0 Å². The predicted octanol–water partition coefficient (Wildman–Crippen LogP) is 1.37. The van der Waals surface area contributed by atoms with Crippen LogP contribution in [0.1, 0.15) is 24.8 Å². The van der Waals surface area contributed by atoms with Gasteiger partial charge in [-0.15, -0.1) is 0 Å². The lowest BCUT2D eigenvalue weighted by Crippen LogP contribution is -2.31. The lowest BCUT2D eigenvalue weighted by molar-refractivity contribution is -0.127. The lowest BCUT2D eigenvalue weighted by Gasteiger charge is -2.15. The van der Waals surface area contributed by atoms with Crippen LogP contribution in [0, 0.1) is 0 Å². The highest BCUT2D eigenvalue weighted by atomic mass is 16.5. The molecule has 0 unspecified atom stereocenters. The van der Waals surface area contributed by atoms with Gasteiger partial charge in [0.15, 0.2) is 0 Å². The van der Waals surface area contributed by atoms with E-state index in [1.807, 2.05) is 4.90 Å². The number of hydrogen-bond donors (Lipinski definition) is 1. The molecule has 6 heteroatoms. The molecule has 0 spiro atoms. The van der Waals surface area contributed by atoms with Gasteiger partial charge in [-0.05, 0) is 31.0 Å². The molecule has 1 aromatic rings. The smallest absolute Gasteiger partial charge is 0.224 e. The first-order chi connectivity index (χ1) is 11.1. The molecule has 1 aliphatic rings. The second kappa shape index (κ2) is 8.41. The van der Waals surface area contributed by atoms with Crippen molar-refractivity contribution in [1.29, 1.82) is 0 Å². The third kappa shape index (κ3) is 4.87. The molecule has 2 rings (SSSR count). The van der Waals surface area contributed by atoms with Crippen molar-refractivity contribution in [3.05, 3.63) is 23.8 Å². The van der Waals surface area contributed by atoms with Crippen LogP contribution in [0.5, 0.6) is 11.5 Å². The quantitative estimate of drug-likeness (QED) is 0.735. The molecule has 126 valence electrons. The summed E-state index contributed by atoms with van der Waals surface area (Å²) in [6.07, 6.45) is 2.61. The van der Waals surface area contributed by atoms with Crippen molar-refractivity contribution in [3.63, 3.8) is 0 Å². The van der Waals surface area contributed by atoms with Gasteiger partial charge in [0.25, 0.3) is 0 Å². The zero-order valence-corrected chi connectivity index (χ0v) is 13.8. The number of benzene rings is 1. The topological polar surface area (TPSA) is 67.9 Å². The molecule has 0 radical (unpaired) electrons. The largest absolute Gasteiger partial charge is 0.497 e. The van der Waals surface area contributed by atoms with Crippen LogP contribution in [0.4, 0.5) is 0 Å². The molecule has 1 saturated heterocycles. The van der Waals surface area contributed by atoms with Gasteiger partial charge in [0.05, 0.1) is 20.6 Å². The van der Waals surface area contributed by atoms with Crippen LogP contribution in [0.15, 0.2) is 18.2 Å². The zero-order chi connectivity index (χ0) is 16.7. The van der Waals surface area contributed by atoms with E-state index in [9.17, 15) is 9.59 Å². The lowest BCUT2D eigenvalue weighted by atomic mass is 10.1. The molecule has 1 aliphatic heterocycles. The van der Waals surface area contributed by atoms with Crippen LogP contribution in [-0.4, -0.2) is 50.6 Å². The monoisotopic (exact) mass is 320 g/mol. The van der Waals surface area contributed by atoms with E-state index in [4.69, 9.17) is 9.47 Å². The third-order valence-corrected chi connectivity index (χ3v) is 3.94. The highest BCUT2D eigenvalue weighted by Gasteiger charge is 2.19. The van der Waals surface area contributed by atoms with E-state index in [1.54, 1.807) is 32.4 Å². The summed E-state index contributed by atoms with van der Waals surface area (Å²) in [5.74, 6) is 1.52. The number of ether oxygens (including phenoxy) is 2. The number of amides is 2. The Morgan fingerprint density at radius 2 is 2.13 bits per heavy atom. The summed E-state index contributed by atoms with van der Waals surface area (Å²) < 4.78 is 10.4. The van der Waals surface area contributed by atoms with Crippen molar-refractivity contribution < 1.29 is 19.1 Å². The molecular weight excluding hydrogens is 296 g/mol. The van der Waals surface area contributed by atoms with Crippen LogP contribution < -0.4 is 14.8 Å². The number of carbonyl (C=O) groups excluding carboxylic acids is 2. The van der Waals surface area contributed by atoms with Crippen molar-refractivity contribution in [2.75, 3.05) is 33.9 Å². The van der Waals surface area contributed by atoms with Crippen molar-refractivity contribution in [2.24, 2.45) is 0 Å². The summed E-state index contributed by atoms with van der Waals surface area (Å²) in [5, 5.41) is 2.89. The molecule has 0 bridgehead atoms. The highest BCUT2D eigenvalue weighted by Crippen LogP contribution is 2.24. The Labute approximate surface area is 136 Å². The number of carbonyl (C=O) groups is 2. The van der Waals surface area contributed by atoms with Gasteiger partial charge in [0, 0.05) is 31.6 Å². The van der Waals surface area contributed by atoms with Crippen molar-refractivity contribution >= 4 is 11.8 Å². The molecule has 0 aromatic heterocycles. The van der Waals surface area contributed by atoms with Gasteiger partial charge in [0.1, 0.15) is 11.5 Å². The van der Waals surface area contributed by atoms with Crippen LogP contribution in [0.2, 0.25) is 0 Å². The van der Waals surface area contributed by atoms with Gasteiger partial charge in [0.2, 0.25) is 11.8 Å². The SMILES string of the molecule is COc1ccc(OC)c(CC(=O)NCCCN2CCCC2=O)c1. The predicted molar refractivity (Wildman–Crippen MR) is 86.7 cm³/mol. The van der Waals surface area contributed by atoms with Crippen molar-refractivity contribution in [3.8, 4) is 11.5 Å². The Hall–Kier alpha value is -2.24. The highest BCUT2D eigenvalue weighted by molar-refractivity contribution is 5.79. The molecule has 0 atom stereocenters. The average Bonchev–Trinajstić information content (AvgIpc) is 2.96. The average molecular weight is 320 g/mol. The van der Waals surface area contributed by atoms with Crippen molar-refractivity contribution in [1.82, 2.24) is 10.2 Å². The Balaban J connectivity index is 1.77. The molecule has 1 aromatic carbocycles. The second-order valence-corrected chi connectivity index (χ2v) is 5.54. The maximum atomic E-state index is 12.1. The van der Waals surface area contributed by atoms with Crippen molar-refractivity contribution in [2.45, 2.75) is 25.7 Å². The minimum atomic E-state index is -0.0655. The molecule has 6 nitrogen and oxygen atoms in total. The molecule has 1 N–H and O–H groups in total. The first-order valence-corrected chi connectivity index (χ1v) is 7.89. The summed E-state index contributed by atoms with van der Waals surface area (Å²) in [6, 6.07) is 5.40. The number of methoxy groups -OCH3 is 2. The summed E-state index contributed by atoms with van der Waals surface area (Å²) in [6.45, 7) is 2.12. The third-order valence-electron chi connectivity index (χ3n) is 3.94. The molecule has 0 saturated carbocycles. The fourth-order valence-electron chi connectivity index (χ4n) is 2.69. The van der Waals surface area contributed by atoms with E-state index < -0.39 is 0 Å². The van der Waals surface area contributed by atoms with Gasteiger partial charge in [-0.2, -0.15) is 0 Å². The maximum absolute atomic E-state index is 12.1. The molecular formula is C17H24N2O4. The second-order valence-electron chi connectivity index (χ2n) is 5.54. The van der Waals surface area contributed by atoms with Gasteiger partial charge in [-0.3, -0.25) is 9.59 Å². The maximum Gasteiger partial charge on any atom is 0.224 e. The summed E-state index contributed by atoms with van der Waals surface area (Å²) >= 11 is 0. The number of rotatable bonds is 8. The van der Waals surface area contributed by atoms with Gasteiger partial charge in [-0.25, -0.2) is 0 Å². The molecule has 0 aliphatic carbocycles. The van der Waals surface area contributed by atoms with Crippen LogP contribution in [0.25, 0.3) is 0 Å². The fourth-order valence-corrected chi connectivity index (χ4v) is 2.69. The number of likely N-dealkylation sites (tertiary alicyclic amines) is 1. The molecule has 1 heterocycles. The summed E-state index contributed by atoms with van der Waals surface area (Å²) in [7, 11) is 3.17. The Morgan fingerprint density at radius 1 is 1.30 bits per heavy atom. The summed E-state index contributed by atoms with van der Waals surface area (Å²) in [4.78, 5) is 25.4. The van der Waals surface area contributed by atoms with E-state index in [0.717, 1.165) is 24.9 Å². The number of nitrogens with zero attached hydrogens (tertiary/aromatic N) is 1. The molecule has 2 amide bonds. The Morgan fingerprint density at radius 3 is 2.78 bits per heavy atom. The normalized spacial score (nSPS) is 14.0. The Bertz CT molecular complexity index is 560. The first kappa shape index (κ1) is 17.1. The minimum Gasteiger partial charge on any atom is -0.497 e. The van der Waals surface area contributed by atoms with Gasteiger partial charge in [-0.1, -0.05) is 0 Å². The zero-order valence-electron chi connectivity index (χ0n) is 13.8. The Kier molecular flexibility index (Phi) is 6.26. The van der Waals surface area contributed by atoms with E-state index in [-0.39, 0.29) is 18.2 Å². The van der Waals surface area contributed by atoms with E-state index in [1.165, 1.54) is 0 Å².